The molecule has 1 aliphatic rings. The summed E-state index contributed by atoms with van der Waals surface area (Å²) in [4.78, 5) is 12.0. The molecule has 6 nitrogen and oxygen atoms in total. The van der Waals surface area contributed by atoms with Gasteiger partial charge in [0.1, 0.15) is 19.0 Å². The molecular formula is C17H17NO5. The van der Waals surface area contributed by atoms with Crippen LogP contribution in [0.1, 0.15) is 22.0 Å². The highest BCUT2D eigenvalue weighted by Crippen LogP contribution is 2.32. The van der Waals surface area contributed by atoms with Crippen LogP contribution < -0.4 is 14.8 Å². The zero-order chi connectivity index (χ0) is 16.2. The number of nitrogens with one attached hydrogen (secondary N) is 1. The number of aromatic hydroxyl groups is 1. The molecule has 23 heavy (non-hydrogen) atoms. The lowest BCUT2D eigenvalue weighted by Crippen LogP contribution is -2.28. The van der Waals surface area contributed by atoms with E-state index >= 15 is 0 Å². The van der Waals surface area contributed by atoms with Crippen LogP contribution in [0.3, 0.4) is 0 Å². The van der Waals surface area contributed by atoms with E-state index in [9.17, 15) is 15.0 Å². The van der Waals surface area contributed by atoms with Crippen LogP contribution in [0.4, 0.5) is 0 Å². The number of phenols is 1. The van der Waals surface area contributed by atoms with Gasteiger partial charge >= 0.3 is 0 Å². The van der Waals surface area contributed by atoms with Gasteiger partial charge in [-0.25, -0.2) is 0 Å². The Kier molecular flexibility index (Phi) is 4.34. The van der Waals surface area contributed by atoms with Crippen molar-refractivity contribution in [2.24, 2.45) is 0 Å². The van der Waals surface area contributed by atoms with E-state index in [1.54, 1.807) is 30.3 Å². The molecule has 1 heterocycles. The first-order valence-electron chi connectivity index (χ1n) is 7.28. The van der Waals surface area contributed by atoms with E-state index in [0.29, 0.717) is 35.8 Å². The van der Waals surface area contributed by atoms with Crippen molar-refractivity contribution in [3.8, 4) is 17.2 Å². The van der Waals surface area contributed by atoms with Gasteiger partial charge in [-0.05, 0) is 35.9 Å². The van der Waals surface area contributed by atoms with Gasteiger partial charge in [0.25, 0.3) is 5.91 Å². The Morgan fingerprint density at radius 1 is 1.13 bits per heavy atom. The minimum Gasteiger partial charge on any atom is -0.508 e. The van der Waals surface area contributed by atoms with E-state index in [0.717, 1.165) is 0 Å². The van der Waals surface area contributed by atoms with Gasteiger partial charge in [-0.3, -0.25) is 4.79 Å². The predicted molar refractivity (Wildman–Crippen MR) is 82.8 cm³/mol. The molecule has 3 N–H and O–H groups in total. The lowest BCUT2D eigenvalue weighted by Gasteiger charge is -2.20. The molecule has 0 aliphatic carbocycles. The molecule has 2 aromatic rings. The van der Waals surface area contributed by atoms with E-state index in [1.807, 2.05) is 0 Å². The summed E-state index contributed by atoms with van der Waals surface area (Å²) in [5.74, 6) is 0.894. The number of aliphatic hydroxyl groups excluding tert-OH is 1. The van der Waals surface area contributed by atoms with Crippen molar-refractivity contribution in [1.29, 1.82) is 0 Å². The first-order chi connectivity index (χ1) is 11.1. The zero-order valence-electron chi connectivity index (χ0n) is 12.4. The van der Waals surface area contributed by atoms with Gasteiger partial charge in [0, 0.05) is 12.1 Å². The molecule has 1 unspecified atom stereocenters. The second kappa shape index (κ2) is 6.58. The summed E-state index contributed by atoms with van der Waals surface area (Å²) < 4.78 is 10.9. The van der Waals surface area contributed by atoms with Crippen molar-refractivity contribution in [3.05, 3.63) is 53.6 Å². The largest absolute Gasteiger partial charge is 0.508 e. The summed E-state index contributed by atoms with van der Waals surface area (Å²) >= 11 is 0. The monoisotopic (exact) mass is 315 g/mol. The number of fused-ring (bicyclic) bond motifs is 1. The fourth-order valence-corrected chi connectivity index (χ4v) is 2.32. The van der Waals surface area contributed by atoms with Crippen molar-refractivity contribution >= 4 is 5.91 Å². The average molecular weight is 315 g/mol. The molecule has 3 rings (SSSR count). The highest BCUT2D eigenvalue weighted by Gasteiger charge is 2.16. The highest BCUT2D eigenvalue weighted by atomic mass is 16.6. The van der Waals surface area contributed by atoms with Crippen molar-refractivity contribution < 1.29 is 24.5 Å². The third kappa shape index (κ3) is 3.54. The fraction of sp³-hybridized carbons (Fsp3) is 0.235. The van der Waals surface area contributed by atoms with Gasteiger partial charge in [-0.1, -0.05) is 12.1 Å². The van der Waals surface area contributed by atoms with E-state index in [2.05, 4.69) is 5.32 Å². The topological polar surface area (TPSA) is 88.0 Å². The van der Waals surface area contributed by atoms with E-state index in [1.165, 1.54) is 12.1 Å². The molecular weight excluding hydrogens is 298 g/mol. The van der Waals surface area contributed by atoms with Gasteiger partial charge in [-0.15, -0.1) is 0 Å². The fourth-order valence-electron chi connectivity index (χ4n) is 2.32. The lowest BCUT2D eigenvalue weighted by molar-refractivity contribution is 0.0915. The average Bonchev–Trinajstić information content (AvgIpc) is 2.59. The van der Waals surface area contributed by atoms with Crippen LogP contribution >= 0.6 is 0 Å². The van der Waals surface area contributed by atoms with Crippen LogP contribution in [0, 0.1) is 0 Å². The first-order valence-corrected chi connectivity index (χ1v) is 7.28. The lowest BCUT2D eigenvalue weighted by atomic mass is 10.1. The van der Waals surface area contributed by atoms with Crippen LogP contribution in [0.25, 0.3) is 0 Å². The summed E-state index contributed by atoms with van der Waals surface area (Å²) in [6, 6.07) is 11.2. The SMILES string of the molecule is O=C(NCC(O)c1ccc2c(c1)OCCO2)c1cccc(O)c1. The Balaban J connectivity index is 1.63. The normalized spacial score (nSPS) is 14.1. The minimum atomic E-state index is -0.868. The van der Waals surface area contributed by atoms with Gasteiger partial charge in [0.05, 0.1) is 6.10 Å². The number of carbonyl (C=O) groups excluding carboxylic acids is 1. The highest BCUT2D eigenvalue weighted by molar-refractivity contribution is 5.94. The summed E-state index contributed by atoms with van der Waals surface area (Å²) in [7, 11) is 0. The van der Waals surface area contributed by atoms with Crippen LogP contribution in [-0.2, 0) is 0 Å². The quantitative estimate of drug-likeness (QED) is 0.798. The predicted octanol–water partition coefficient (Wildman–Crippen LogP) is 1.63. The molecule has 120 valence electrons. The smallest absolute Gasteiger partial charge is 0.251 e. The Hall–Kier alpha value is -2.73. The Morgan fingerprint density at radius 3 is 2.70 bits per heavy atom. The van der Waals surface area contributed by atoms with Crippen LogP contribution in [0.15, 0.2) is 42.5 Å². The second-order valence-electron chi connectivity index (χ2n) is 5.18. The maximum atomic E-state index is 12.0. The van der Waals surface area contributed by atoms with Crippen molar-refractivity contribution in [2.75, 3.05) is 19.8 Å². The van der Waals surface area contributed by atoms with E-state index in [-0.39, 0.29) is 18.2 Å². The molecule has 1 aliphatic heterocycles. The van der Waals surface area contributed by atoms with Gasteiger partial charge < -0.3 is 25.0 Å². The van der Waals surface area contributed by atoms with Gasteiger partial charge in [-0.2, -0.15) is 0 Å². The minimum absolute atomic E-state index is 0.0186. The number of ether oxygens (including phenoxy) is 2. The molecule has 0 spiro atoms. The van der Waals surface area contributed by atoms with Crippen molar-refractivity contribution in [3.63, 3.8) is 0 Å². The van der Waals surface area contributed by atoms with Crippen molar-refractivity contribution in [1.82, 2.24) is 5.32 Å². The number of aliphatic hydroxyl groups is 1. The molecule has 0 radical (unpaired) electrons. The van der Waals surface area contributed by atoms with Crippen LogP contribution in [-0.4, -0.2) is 35.9 Å². The number of hydrogen-bond donors (Lipinski definition) is 3. The maximum Gasteiger partial charge on any atom is 0.251 e. The molecule has 1 atom stereocenters. The number of hydrogen-bond acceptors (Lipinski definition) is 5. The summed E-state index contributed by atoms with van der Waals surface area (Å²) in [5, 5.41) is 22.2. The first kappa shape index (κ1) is 15.2. The number of phenolic OH excluding ortho intramolecular Hbond substituents is 1. The number of benzene rings is 2. The van der Waals surface area contributed by atoms with Crippen molar-refractivity contribution in [2.45, 2.75) is 6.10 Å². The summed E-state index contributed by atoms with van der Waals surface area (Å²) in [6.45, 7) is 1.03. The molecule has 0 aromatic heterocycles. The third-order valence-electron chi connectivity index (χ3n) is 3.52. The second-order valence-corrected chi connectivity index (χ2v) is 5.18. The Morgan fingerprint density at radius 2 is 1.91 bits per heavy atom. The number of rotatable bonds is 4. The number of carbonyl (C=O) groups is 1. The van der Waals surface area contributed by atoms with Gasteiger partial charge in [0.2, 0.25) is 0 Å². The summed E-state index contributed by atoms with van der Waals surface area (Å²) in [6.07, 6.45) is -0.868. The van der Waals surface area contributed by atoms with Crippen LogP contribution in [0.2, 0.25) is 0 Å². The molecule has 6 heteroatoms. The van der Waals surface area contributed by atoms with Crippen LogP contribution in [0.5, 0.6) is 17.2 Å². The standard InChI is InChI=1S/C17H17NO5/c19-13-3-1-2-12(8-13)17(21)18-10-14(20)11-4-5-15-16(9-11)23-7-6-22-15/h1-5,8-9,14,19-20H,6-7,10H2,(H,18,21). The van der Waals surface area contributed by atoms with E-state index < -0.39 is 6.10 Å². The summed E-state index contributed by atoms with van der Waals surface area (Å²) in [5.41, 5.74) is 0.963. The maximum absolute atomic E-state index is 12.0. The third-order valence-corrected chi connectivity index (χ3v) is 3.52. The molecule has 0 saturated carbocycles. The Bertz CT molecular complexity index is 716. The zero-order valence-corrected chi connectivity index (χ0v) is 12.4. The number of amides is 1. The molecule has 0 bridgehead atoms. The molecule has 0 saturated heterocycles. The molecule has 0 fully saturated rings. The van der Waals surface area contributed by atoms with Gasteiger partial charge in [0.15, 0.2) is 11.5 Å². The molecule has 2 aromatic carbocycles. The molecule has 1 amide bonds. The Labute approximate surface area is 133 Å². The van der Waals surface area contributed by atoms with E-state index in [4.69, 9.17) is 9.47 Å².